The lowest BCUT2D eigenvalue weighted by molar-refractivity contribution is 0.716. The van der Waals surface area contributed by atoms with Crippen molar-refractivity contribution in [2.45, 2.75) is 39.2 Å². The summed E-state index contributed by atoms with van der Waals surface area (Å²) < 4.78 is 0. The van der Waals surface area contributed by atoms with Gasteiger partial charge in [-0.2, -0.15) is 0 Å². The SMILES string of the molecule is CC(=NCc1ccccc1)C1=CCCCC1. The van der Waals surface area contributed by atoms with Crippen LogP contribution in [0.15, 0.2) is 47.0 Å². The Morgan fingerprint density at radius 3 is 2.69 bits per heavy atom. The number of hydrogen-bond acceptors (Lipinski definition) is 1. The highest BCUT2D eigenvalue weighted by atomic mass is 14.7. The monoisotopic (exact) mass is 213 g/mol. The highest BCUT2D eigenvalue weighted by Crippen LogP contribution is 2.18. The molecule has 0 N–H and O–H groups in total. The van der Waals surface area contributed by atoms with E-state index in [-0.39, 0.29) is 0 Å². The molecule has 1 aromatic carbocycles. The Morgan fingerprint density at radius 2 is 2.00 bits per heavy atom. The summed E-state index contributed by atoms with van der Waals surface area (Å²) in [6, 6.07) is 10.4. The normalized spacial score (nSPS) is 17.1. The molecule has 0 heterocycles. The molecule has 1 nitrogen and oxygen atoms in total. The Morgan fingerprint density at radius 1 is 1.19 bits per heavy atom. The molecule has 0 spiro atoms. The van der Waals surface area contributed by atoms with Crippen molar-refractivity contribution >= 4 is 5.71 Å². The molecule has 0 amide bonds. The molecule has 84 valence electrons. The van der Waals surface area contributed by atoms with Crippen LogP contribution in [-0.4, -0.2) is 5.71 Å². The van der Waals surface area contributed by atoms with E-state index in [9.17, 15) is 0 Å². The van der Waals surface area contributed by atoms with E-state index in [4.69, 9.17) is 0 Å². The first-order chi connectivity index (χ1) is 7.86. The first-order valence-electron chi connectivity index (χ1n) is 6.10. The van der Waals surface area contributed by atoms with Crippen LogP contribution < -0.4 is 0 Å². The fourth-order valence-electron chi connectivity index (χ4n) is 2.06. The van der Waals surface area contributed by atoms with Gasteiger partial charge in [0.05, 0.1) is 6.54 Å². The van der Waals surface area contributed by atoms with Gasteiger partial charge in [0.15, 0.2) is 0 Å². The molecule has 0 saturated carbocycles. The van der Waals surface area contributed by atoms with E-state index >= 15 is 0 Å². The molecule has 1 aliphatic rings. The van der Waals surface area contributed by atoms with Gasteiger partial charge >= 0.3 is 0 Å². The van der Waals surface area contributed by atoms with Crippen LogP contribution in [0.25, 0.3) is 0 Å². The third-order valence-corrected chi connectivity index (χ3v) is 3.10. The minimum absolute atomic E-state index is 0.810. The van der Waals surface area contributed by atoms with Crippen molar-refractivity contribution in [2.24, 2.45) is 4.99 Å². The summed E-state index contributed by atoms with van der Waals surface area (Å²) in [6.07, 6.45) is 7.46. The Balaban J connectivity index is 1.99. The molecule has 1 heteroatoms. The Bertz CT molecular complexity index is 387. The van der Waals surface area contributed by atoms with Gasteiger partial charge in [-0.05, 0) is 43.7 Å². The molecule has 0 radical (unpaired) electrons. The summed E-state index contributed by atoms with van der Waals surface area (Å²) in [6.45, 7) is 2.95. The molecular weight excluding hydrogens is 194 g/mol. The quantitative estimate of drug-likeness (QED) is 0.669. The standard InChI is InChI=1S/C15H19N/c1-13(15-10-6-3-7-11-15)16-12-14-8-4-2-5-9-14/h2,4-5,8-10H,3,6-7,11-12H2,1H3. The number of nitrogens with zero attached hydrogens (tertiary/aromatic N) is 1. The predicted molar refractivity (Wildman–Crippen MR) is 69.8 cm³/mol. The molecule has 0 bridgehead atoms. The Labute approximate surface area is 97.9 Å². The van der Waals surface area contributed by atoms with Crippen LogP contribution in [0.1, 0.15) is 38.2 Å². The third kappa shape index (κ3) is 3.06. The first kappa shape index (κ1) is 11.1. The number of rotatable bonds is 3. The molecule has 0 saturated heterocycles. The fraction of sp³-hybridized carbons (Fsp3) is 0.400. The molecule has 0 unspecified atom stereocenters. The van der Waals surface area contributed by atoms with Crippen LogP contribution >= 0.6 is 0 Å². The molecule has 0 aliphatic heterocycles. The van der Waals surface area contributed by atoms with Gasteiger partial charge in [0.25, 0.3) is 0 Å². The minimum atomic E-state index is 0.810. The van der Waals surface area contributed by atoms with E-state index in [1.54, 1.807) is 0 Å². The third-order valence-electron chi connectivity index (χ3n) is 3.10. The lowest BCUT2D eigenvalue weighted by Crippen LogP contribution is -2.02. The van der Waals surface area contributed by atoms with Crippen LogP contribution in [0.2, 0.25) is 0 Å². The van der Waals surface area contributed by atoms with Crippen molar-refractivity contribution < 1.29 is 0 Å². The fourth-order valence-corrected chi connectivity index (χ4v) is 2.06. The summed E-state index contributed by atoms with van der Waals surface area (Å²) in [5.41, 5.74) is 3.98. The van der Waals surface area contributed by atoms with Gasteiger partial charge in [0.2, 0.25) is 0 Å². The van der Waals surface area contributed by atoms with E-state index in [1.165, 1.54) is 42.5 Å². The Kier molecular flexibility index (Phi) is 3.92. The van der Waals surface area contributed by atoms with Gasteiger partial charge in [-0.3, -0.25) is 4.99 Å². The van der Waals surface area contributed by atoms with Gasteiger partial charge in [0.1, 0.15) is 0 Å². The largest absolute Gasteiger partial charge is 0.285 e. The molecule has 0 atom stereocenters. The van der Waals surface area contributed by atoms with Crippen molar-refractivity contribution in [1.29, 1.82) is 0 Å². The molecule has 1 aromatic rings. The number of aliphatic imine (C=N–C) groups is 1. The second-order valence-corrected chi connectivity index (χ2v) is 4.36. The van der Waals surface area contributed by atoms with Crippen LogP contribution in [0, 0.1) is 0 Å². The van der Waals surface area contributed by atoms with Gasteiger partial charge < -0.3 is 0 Å². The number of allylic oxidation sites excluding steroid dienone is 2. The number of benzene rings is 1. The summed E-state index contributed by atoms with van der Waals surface area (Å²) >= 11 is 0. The predicted octanol–water partition coefficient (Wildman–Crippen LogP) is 4.15. The van der Waals surface area contributed by atoms with Gasteiger partial charge in [-0.1, -0.05) is 36.4 Å². The maximum Gasteiger partial charge on any atom is 0.0643 e. The van der Waals surface area contributed by atoms with Gasteiger partial charge in [0, 0.05) is 5.71 Å². The van der Waals surface area contributed by atoms with E-state index < -0.39 is 0 Å². The molecular formula is C15H19N. The van der Waals surface area contributed by atoms with Crippen LogP contribution in [0.3, 0.4) is 0 Å². The van der Waals surface area contributed by atoms with Crippen LogP contribution in [0.5, 0.6) is 0 Å². The zero-order chi connectivity index (χ0) is 11.2. The molecule has 1 aliphatic carbocycles. The van der Waals surface area contributed by atoms with Crippen LogP contribution in [0.4, 0.5) is 0 Å². The highest BCUT2D eigenvalue weighted by molar-refractivity contribution is 5.98. The highest BCUT2D eigenvalue weighted by Gasteiger charge is 2.05. The van der Waals surface area contributed by atoms with E-state index in [0.717, 1.165) is 6.54 Å². The number of hydrogen-bond donors (Lipinski definition) is 0. The zero-order valence-electron chi connectivity index (χ0n) is 9.95. The minimum Gasteiger partial charge on any atom is -0.285 e. The average molecular weight is 213 g/mol. The first-order valence-corrected chi connectivity index (χ1v) is 6.10. The lowest BCUT2D eigenvalue weighted by Gasteiger charge is -2.12. The average Bonchev–Trinajstić information content (AvgIpc) is 2.38. The van der Waals surface area contributed by atoms with Crippen molar-refractivity contribution in [1.82, 2.24) is 0 Å². The molecule has 16 heavy (non-hydrogen) atoms. The van der Waals surface area contributed by atoms with Gasteiger partial charge in [-0.15, -0.1) is 0 Å². The topological polar surface area (TPSA) is 12.4 Å². The molecule has 0 fully saturated rings. The molecule has 2 rings (SSSR count). The van der Waals surface area contributed by atoms with E-state index in [0.29, 0.717) is 0 Å². The summed E-state index contributed by atoms with van der Waals surface area (Å²) in [7, 11) is 0. The van der Waals surface area contributed by atoms with Crippen molar-refractivity contribution in [2.75, 3.05) is 0 Å². The summed E-state index contributed by atoms with van der Waals surface area (Å²) in [4.78, 5) is 4.67. The smallest absolute Gasteiger partial charge is 0.0643 e. The maximum absolute atomic E-state index is 4.67. The van der Waals surface area contributed by atoms with Crippen molar-refractivity contribution in [3.8, 4) is 0 Å². The zero-order valence-corrected chi connectivity index (χ0v) is 9.95. The van der Waals surface area contributed by atoms with Crippen molar-refractivity contribution in [3.63, 3.8) is 0 Å². The van der Waals surface area contributed by atoms with Crippen LogP contribution in [-0.2, 0) is 6.54 Å². The lowest BCUT2D eigenvalue weighted by atomic mass is 9.96. The Hall–Kier alpha value is -1.37. The molecule has 0 aromatic heterocycles. The van der Waals surface area contributed by atoms with E-state index in [2.05, 4.69) is 42.3 Å². The summed E-state index contributed by atoms with van der Waals surface area (Å²) in [5, 5.41) is 0. The van der Waals surface area contributed by atoms with E-state index in [1.807, 2.05) is 6.07 Å². The second-order valence-electron chi connectivity index (χ2n) is 4.36. The summed E-state index contributed by atoms with van der Waals surface area (Å²) in [5.74, 6) is 0. The van der Waals surface area contributed by atoms with Crippen molar-refractivity contribution in [3.05, 3.63) is 47.5 Å². The van der Waals surface area contributed by atoms with Gasteiger partial charge in [-0.25, -0.2) is 0 Å². The maximum atomic E-state index is 4.67. The second kappa shape index (κ2) is 5.64.